The van der Waals surface area contributed by atoms with Crippen LogP contribution >= 0.6 is 0 Å². The maximum Gasteiger partial charge on any atom is 0.242 e. The lowest BCUT2D eigenvalue weighted by Crippen LogP contribution is -2.49. The van der Waals surface area contributed by atoms with Crippen molar-refractivity contribution in [2.24, 2.45) is 5.92 Å². The zero-order chi connectivity index (χ0) is 17.4. The Morgan fingerprint density at radius 1 is 1.21 bits per heavy atom. The number of likely N-dealkylation sites (tertiary alicyclic amines) is 1. The molecule has 1 aliphatic rings. The number of nitrogens with one attached hydrogen (secondary N) is 2. The quantitative estimate of drug-likeness (QED) is 0.797. The van der Waals surface area contributed by atoms with Crippen molar-refractivity contribution in [2.75, 3.05) is 26.2 Å². The molecule has 1 atom stereocenters. The van der Waals surface area contributed by atoms with Gasteiger partial charge in [-0.2, -0.15) is 0 Å². The molecule has 132 valence electrons. The average Bonchev–Trinajstić information content (AvgIpc) is 2.57. The Kier molecular flexibility index (Phi) is 7.25. The lowest BCUT2D eigenvalue weighted by molar-refractivity contribution is -0.129. The molecule has 2 N–H and O–H groups in total. The fraction of sp³-hybridized carbons (Fsp3) is 0.579. The average molecular weight is 331 g/mol. The summed E-state index contributed by atoms with van der Waals surface area (Å²) >= 11 is 0. The summed E-state index contributed by atoms with van der Waals surface area (Å²) in [5.74, 6) is 0.489. The minimum Gasteiger partial charge on any atom is -0.355 e. The summed E-state index contributed by atoms with van der Waals surface area (Å²) in [5, 5.41) is 5.49. The number of piperidine rings is 1. The molecule has 1 aromatic rings. The molecule has 0 radical (unpaired) electrons. The minimum atomic E-state index is -0.479. The molecule has 1 saturated heterocycles. The van der Waals surface area contributed by atoms with Gasteiger partial charge in [0.1, 0.15) is 6.04 Å². The predicted molar refractivity (Wildman–Crippen MR) is 95.6 cm³/mol. The Balaban J connectivity index is 1.69. The lowest BCUT2D eigenvalue weighted by atomic mass is 9.90. The summed E-state index contributed by atoms with van der Waals surface area (Å²) in [4.78, 5) is 25.9. The molecular weight excluding hydrogens is 302 g/mol. The fourth-order valence-corrected chi connectivity index (χ4v) is 3.18. The van der Waals surface area contributed by atoms with E-state index in [-0.39, 0.29) is 11.8 Å². The molecule has 0 saturated carbocycles. The monoisotopic (exact) mass is 331 g/mol. The molecule has 0 aliphatic carbocycles. The van der Waals surface area contributed by atoms with Crippen molar-refractivity contribution in [1.29, 1.82) is 0 Å². The molecule has 5 nitrogen and oxygen atoms in total. The molecule has 0 bridgehead atoms. The molecular formula is C19H29N3O2. The van der Waals surface area contributed by atoms with Gasteiger partial charge in [0, 0.05) is 6.54 Å². The van der Waals surface area contributed by atoms with Crippen LogP contribution in [0.15, 0.2) is 30.3 Å². The standard InChI is InChI=1S/C19H29N3O2/c1-3-20-19(24)15(2)21-18(23)14-22-11-9-17(10-12-22)13-16-7-5-4-6-8-16/h4-8,15,17H,3,9-14H2,1-2H3,(H,20,24)(H,21,23)/t15-/m1/s1. The molecule has 1 fully saturated rings. The number of hydrogen-bond donors (Lipinski definition) is 2. The summed E-state index contributed by atoms with van der Waals surface area (Å²) in [5.41, 5.74) is 1.39. The zero-order valence-electron chi connectivity index (χ0n) is 14.8. The maximum atomic E-state index is 12.1. The van der Waals surface area contributed by atoms with Crippen molar-refractivity contribution in [3.8, 4) is 0 Å². The number of hydrogen-bond acceptors (Lipinski definition) is 3. The van der Waals surface area contributed by atoms with Gasteiger partial charge in [0.25, 0.3) is 0 Å². The molecule has 0 spiro atoms. The highest BCUT2D eigenvalue weighted by Gasteiger charge is 2.22. The van der Waals surface area contributed by atoms with Gasteiger partial charge in [0.2, 0.25) is 11.8 Å². The Labute approximate surface area is 144 Å². The van der Waals surface area contributed by atoms with Crippen molar-refractivity contribution in [3.05, 3.63) is 35.9 Å². The molecule has 24 heavy (non-hydrogen) atoms. The Bertz CT molecular complexity index is 525. The summed E-state index contributed by atoms with van der Waals surface area (Å²) in [6, 6.07) is 10.1. The highest BCUT2D eigenvalue weighted by molar-refractivity contribution is 5.87. The van der Waals surface area contributed by atoms with E-state index in [1.807, 2.05) is 13.0 Å². The number of carbonyl (C=O) groups excluding carboxylic acids is 2. The van der Waals surface area contributed by atoms with Crippen LogP contribution in [0.25, 0.3) is 0 Å². The van der Waals surface area contributed by atoms with E-state index in [0.717, 1.165) is 32.4 Å². The van der Waals surface area contributed by atoms with Gasteiger partial charge >= 0.3 is 0 Å². The molecule has 1 heterocycles. The Hall–Kier alpha value is -1.88. The number of benzene rings is 1. The zero-order valence-corrected chi connectivity index (χ0v) is 14.8. The van der Waals surface area contributed by atoms with Gasteiger partial charge in [0.05, 0.1) is 6.54 Å². The third-order valence-electron chi connectivity index (χ3n) is 4.56. The number of nitrogens with zero attached hydrogens (tertiary/aromatic N) is 1. The normalized spacial score (nSPS) is 17.2. The molecule has 2 amide bonds. The fourth-order valence-electron chi connectivity index (χ4n) is 3.18. The van der Waals surface area contributed by atoms with Crippen molar-refractivity contribution < 1.29 is 9.59 Å². The second-order valence-corrected chi connectivity index (χ2v) is 6.59. The van der Waals surface area contributed by atoms with Crippen LogP contribution in [0, 0.1) is 5.92 Å². The van der Waals surface area contributed by atoms with E-state index in [4.69, 9.17) is 0 Å². The number of likely N-dealkylation sites (N-methyl/N-ethyl adjacent to an activating group) is 1. The molecule has 0 aromatic heterocycles. The highest BCUT2D eigenvalue weighted by atomic mass is 16.2. The topological polar surface area (TPSA) is 61.4 Å². The molecule has 1 aliphatic heterocycles. The Morgan fingerprint density at radius 3 is 2.50 bits per heavy atom. The van der Waals surface area contributed by atoms with Gasteiger partial charge in [-0.3, -0.25) is 14.5 Å². The van der Waals surface area contributed by atoms with Gasteiger partial charge < -0.3 is 10.6 Å². The van der Waals surface area contributed by atoms with Gasteiger partial charge in [-0.1, -0.05) is 30.3 Å². The largest absolute Gasteiger partial charge is 0.355 e. The van der Waals surface area contributed by atoms with E-state index in [9.17, 15) is 9.59 Å². The second-order valence-electron chi connectivity index (χ2n) is 6.59. The third kappa shape index (κ3) is 5.96. The number of carbonyl (C=O) groups is 2. The van der Waals surface area contributed by atoms with E-state index < -0.39 is 6.04 Å². The first-order chi connectivity index (χ1) is 11.6. The van der Waals surface area contributed by atoms with Crippen LogP contribution in [-0.2, 0) is 16.0 Å². The smallest absolute Gasteiger partial charge is 0.242 e. The van der Waals surface area contributed by atoms with E-state index in [1.54, 1.807) is 6.92 Å². The van der Waals surface area contributed by atoms with Crippen LogP contribution in [0.5, 0.6) is 0 Å². The summed E-state index contributed by atoms with van der Waals surface area (Å²) in [6.07, 6.45) is 3.36. The van der Waals surface area contributed by atoms with Crippen molar-refractivity contribution >= 4 is 11.8 Å². The van der Waals surface area contributed by atoms with Crippen LogP contribution < -0.4 is 10.6 Å². The summed E-state index contributed by atoms with van der Waals surface area (Å²) in [7, 11) is 0. The molecule has 1 aromatic carbocycles. The SMILES string of the molecule is CCNC(=O)[C@@H](C)NC(=O)CN1CCC(Cc2ccccc2)CC1. The molecule has 5 heteroatoms. The van der Waals surface area contributed by atoms with Crippen LogP contribution in [0.1, 0.15) is 32.3 Å². The number of rotatable bonds is 7. The number of amides is 2. The van der Waals surface area contributed by atoms with Gasteiger partial charge in [-0.05, 0) is 57.7 Å². The lowest BCUT2D eigenvalue weighted by Gasteiger charge is -2.31. The summed E-state index contributed by atoms with van der Waals surface area (Å²) < 4.78 is 0. The second kappa shape index (κ2) is 9.42. The van der Waals surface area contributed by atoms with Crippen molar-refractivity contribution in [3.63, 3.8) is 0 Å². The van der Waals surface area contributed by atoms with Gasteiger partial charge in [-0.25, -0.2) is 0 Å². The minimum absolute atomic E-state index is 0.0738. The molecule has 0 unspecified atom stereocenters. The van der Waals surface area contributed by atoms with E-state index in [2.05, 4.69) is 39.8 Å². The first kappa shape index (κ1) is 18.5. The summed E-state index contributed by atoms with van der Waals surface area (Å²) in [6.45, 7) is 6.43. The highest BCUT2D eigenvalue weighted by Crippen LogP contribution is 2.21. The van der Waals surface area contributed by atoms with Gasteiger partial charge in [-0.15, -0.1) is 0 Å². The third-order valence-corrected chi connectivity index (χ3v) is 4.56. The van der Waals surface area contributed by atoms with E-state index >= 15 is 0 Å². The van der Waals surface area contributed by atoms with Crippen LogP contribution in [0.4, 0.5) is 0 Å². The first-order valence-corrected chi connectivity index (χ1v) is 8.91. The van der Waals surface area contributed by atoms with E-state index in [0.29, 0.717) is 19.0 Å². The van der Waals surface area contributed by atoms with Crippen LogP contribution in [0.2, 0.25) is 0 Å². The van der Waals surface area contributed by atoms with E-state index in [1.165, 1.54) is 5.56 Å². The van der Waals surface area contributed by atoms with Crippen LogP contribution in [-0.4, -0.2) is 48.9 Å². The maximum absolute atomic E-state index is 12.1. The van der Waals surface area contributed by atoms with Crippen molar-refractivity contribution in [1.82, 2.24) is 15.5 Å². The molecule has 2 rings (SSSR count). The van der Waals surface area contributed by atoms with Gasteiger partial charge in [0.15, 0.2) is 0 Å². The first-order valence-electron chi connectivity index (χ1n) is 8.91. The Morgan fingerprint density at radius 2 is 1.88 bits per heavy atom. The van der Waals surface area contributed by atoms with Crippen molar-refractivity contribution in [2.45, 2.75) is 39.2 Å². The van der Waals surface area contributed by atoms with Crippen LogP contribution in [0.3, 0.4) is 0 Å². The predicted octanol–water partition coefficient (Wildman–Crippen LogP) is 1.58.